The minimum absolute atomic E-state index is 0.0728. The summed E-state index contributed by atoms with van der Waals surface area (Å²) in [5.74, 6) is 0.834. The molecule has 120 valence electrons. The average Bonchev–Trinajstić information content (AvgIpc) is 3.01. The number of hydrogen-bond acceptors (Lipinski definition) is 7. The summed E-state index contributed by atoms with van der Waals surface area (Å²) in [7, 11) is 0. The van der Waals surface area contributed by atoms with Gasteiger partial charge in [0.15, 0.2) is 18.0 Å². The number of hydrogen-bond donors (Lipinski definition) is 4. The highest BCUT2D eigenvalue weighted by molar-refractivity contribution is 5.76. The first-order valence-corrected chi connectivity index (χ1v) is 6.93. The zero-order valence-electron chi connectivity index (χ0n) is 12.1. The van der Waals surface area contributed by atoms with Gasteiger partial charge < -0.3 is 30.0 Å². The minimum Gasteiger partial charge on any atom is -0.388 e. The van der Waals surface area contributed by atoms with Gasteiger partial charge in [0.05, 0.1) is 5.39 Å². The minimum atomic E-state index is -1.82. The number of anilines is 1. The molecule has 0 aromatic carbocycles. The number of H-pyrrole nitrogens is 1. The van der Waals surface area contributed by atoms with Gasteiger partial charge in [-0.05, 0) is 13.0 Å². The summed E-state index contributed by atoms with van der Waals surface area (Å²) >= 11 is 0. The van der Waals surface area contributed by atoms with E-state index in [2.05, 4.69) is 15.9 Å². The standard InChI is InChI=1S/C14H14N4O5/c1-3-13(21)10-14(22-10,6(2)19)23-11(13)18-5-4-7-8(18)16-12(15)17-9(7)20/h1,4-6,10-11,19,21H,2H3,(H3,15,16,17,20)/t6-,10+,11+,13?,14?/m0/s1. The van der Waals surface area contributed by atoms with Gasteiger partial charge in [0.1, 0.15) is 6.10 Å². The average molecular weight is 318 g/mol. The Morgan fingerprint density at radius 2 is 2.35 bits per heavy atom. The third kappa shape index (κ3) is 1.60. The SMILES string of the molecule is C#CC1(O)[C@H]2OC2([C@H](C)O)O[C@H]1n1ccc2c(=O)[nH]c(N)nc21. The van der Waals surface area contributed by atoms with Gasteiger partial charge in [0.25, 0.3) is 5.56 Å². The zero-order chi connectivity index (χ0) is 16.6. The van der Waals surface area contributed by atoms with Gasteiger partial charge in [-0.25, -0.2) is 0 Å². The molecule has 23 heavy (non-hydrogen) atoms. The predicted molar refractivity (Wildman–Crippen MR) is 78.0 cm³/mol. The Morgan fingerprint density at radius 1 is 1.61 bits per heavy atom. The number of fused-ring (bicyclic) bond motifs is 2. The van der Waals surface area contributed by atoms with Crippen molar-refractivity contribution in [2.24, 2.45) is 0 Å². The summed E-state index contributed by atoms with van der Waals surface area (Å²) in [5.41, 5.74) is 3.55. The summed E-state index contributed by atoms with van der Waals surface area (Å²) in [5, 5.41) is 20.9. The fourth-order valence-electron chi connectivity index (χ4n) is 3.11. The molecule has 0 radical (unpaired) electrons. The highest BCUT2D eigenvalue weighted by Gasteiger charge is 2.79. The van der Waals surface area contributed by atoms with Crippen LogP contribution in [0.2, 0.25) is 0 Å². The number of aromatic nitrogens is 3. The van der Waals surface area contributed by atoms with E-state index in [-0.39, 0.29) is 17.0 Å². The molecular formula is C14H14N4O5. The smallest absolute Gasteiger partial charge is 0.261 e. The summed E-state index contributed by atoms with van der Waals surface area (Å²) in [4.78, 5) is 18.4. The van der Waals surface area contributed by atoms with Crippen molar-refractivity contribution in [1.29, 1.82) is 0 Å². The molecule has 2 aromatic heterocycles. The molecule has 9 heteroatoms. The van der Waals surface area contributed by atoms with Crippen molar-refractivity contribution < 1.29 is 19.7 Å². The second-order valence-corrected chi connectivity index (χ2v) is 5.75. The lowest BCUT2D eigenvalue weighted by molar-refractivity contribution is -0.195. The number of rotatable bonds is 2. The second-order valence-electron chi connectivity index (χ2n) is 5.75. The van der Waals surface area contributed by atoms with Crippen LogP contribution >= 0.6 is 0 Å². The van der Waals surface area contributed by atoms with E-state index in [0.29, 0.717) is 0 Å². The summed E-state index contributed by atoms with van der Waals surface area (Å²) < 4.78 is 12.5. The molecule has 5 N–H and O–H groups in total. The lowest BCUT2D eigenvalue weighted by atomic mass is 9.96. The third-order valence-corrected chi connectivity index (χ3v) is 4.35. The first-order valence-electron chi connectivity index (χ1n) is 6.93. The lowest BCUT2D eigenvalue weighted by Crippen LogP contribution is -2.40. The number of nitrogens with zero attached hydrogens (tertiary/aromatic N) is 2. The van der Waals surface area contributed by atoms with E-state index in [4.69, 9.17) is 21.6 Å². The Bertz CT molecular complexity index is 912. The van der Waals surface area contributed by atoms with Crippen LogP contribution in [0.3, 0.4) is 0 Å². The fourth-order valence-corrected chi connectivity index (χ4v) is 3.11. The normalized spacial score (nSPS) is 36.6. The molecule has 2 aliphatic heterocycles. The van der Waals surface area contributed by atoms with Crippen LogP contribution in [0.1, 0.15) is 13.2 Å². The van der Waals surface area contributed by atoms with Crippen LogP contribution in [0.25, 0.3) is 11.0 Å². The molecule has 4 heterocycles. The van der Waals surface area contributed by atoms with Gasteiger partial charge in [0.2, 0.25) is 17.3 Å². The number of nitrogen functional groups attached to an aromatic ring is 1. The molecular weight excluding hydrogens is 304 g/mol. The van der Waals surface area contributed by atoms with Gasteiger partial charge in [-0.15, -0.1) is 6.42 Å². The van der Waals surface area contributed by atoms with E-state index in [1.807, 2.05) is 0 Å². The Labute approximate surface area is 129 Å². The van der Waals surface area contributed by atoms with Gasteiger partial charge >= 0.3 is 0 Å². The number of aliphatic hydroxyl groups is 2. The van der Waals surface area contributed by atoms with Gasteiger partial charge in [-0.1, -0.05) is 5.92 Å². The number of aromatic amines is 1. The molecule has 0 amide bonds. The van der Waals surface area contributed by atoms with Crippen molar-refractivity contribution in [2.45, 2.75) is 36.7 Å². The molecule has 0 spiro atoms. The van der Waals surface area contributed by atoms with Crippen LogP contribution in [0.5, 0.6) is 0 Å². The quantitative estimate of drug-likeness (QED) is 0.397. The van der Waals surface area contributed by atoms with Gasteiger partial charge in [-0.3, -0.25) is 9.78 Å². The van der Waals surface area contributed by atoms with Gasteiger partial charge in [0, 0.05) is 6.20 Å². The molecule has 0 aliphatic carbocycles. The van der Waals surface area contributed by atoms with Gasteiger partial charge in [-0.2, -0.15) is 4.98 Å². The maximum absolute atomic E-state index is 11.9. The number of terminal acetylenes is 1. The van der Waals surface area contributed by atoms with E-state index < -0.39 is 35.4 Å². The highest BCUT2D eigenvalue weighted by atomic mass is 16.8. The lowest BCUT2D eigenvalue weighted by Gasteiger charge is -2.27. The van der Waals surface area contributed by atoms with Crippen LogP contribution in [-0.4, -0.2) is 48.3 Å². The molecule has 0 saturated carbocycles. The molecule has 2 unspecified atom stereocenters. The first kappa shape index (κ1) is 14.2. The van der Waals surface area contributed by atoms with Crippen LogP contribution in [0, 0.1) is 12.3 Å². The highest BCUT2D eigenvalue weighted by Crippen LogP contribution is 2.59. The number of nitrogens with one attached hydrogen (secondary N) is 1. The number of epoxide rings is 1. The number of aliphatic hydroxyl groups excluding tert-OH is 1. The molecule has 4 rings (SSSR count). The Hall–Kier alpha value is -2.38. The Morgan fingerprint density at radius 3 is 3.00 bits per heavy atom. The monoisotopic (exact) mass is 318 g/mol. The largest absolute Gasteiger partial charge is 0.388 e. The van der Waals surface area contributed by atoms with Crippen molar-refractivity contribution in [2.75, 3.05) is 5.73 Å². The molecule has 9 nitrogen and oxygen atoms in total. The Kier molecular flexibility index (Phi) is 2.55. The number of ether oxygens (including phenoxy) is 2. The van der Waals surface area contributed by atoms with Crippen molar-refractivity contribution in [3.8, 4) is 12.3 Å². The summed E-state index contributed by atoms with van der Waals surface area (Å²) in [6, 6.07) is 1.51. The third-order valence-electron chi connectivity index (χ3n) is 4.35. The topological polar surface area (TPSA) is 139 Å². The second kappa shape index (κ2) is 4.12. The maximum Gasteiger partial charge on any atom is 0.261 e. The predicted octanol–water partition coefficient (Wildman–Crippen LogP) is -1.32. The Balaban J connectivity index is 1.89. The van der Waals surface area contributed by atoms with Crippen LogP contribution < -0.4 is 11.3 Å². The van der Waals surface area contributed by atoms with Crippen molar-refractivity contribution in [3.63, 3.8) is 0 Å². The summed E-state index contributed by atoms with van der Waals surface area (Å²) in [6.45, 7) is 1.48. The first-order chi connectivity index (χ1) is 10.8. The van der Waals surface area contributed by atoms with E-state index in [1.54, 1.807) is 0 Å². The van der Waals surface area contributed by atoms with Crippen molar-refractivity contribution in [3.05, 3.63) is 22.6 Å². The molecule has 2 saturated heterocycles. The van der Waals surface area contributed by atoms with E-state index >= 15 is 0 Å². The fraction of sp³-hybridized carbons (Fsp3) is 0.429. The summed E-state index contributed by atoms with van der Waals surface area (Å²) in [6.07, 6.45) is 4.04. The van der Waals surface area contributed by atoms with E-state index in [0.717, 1.165) is 0 Å². The molecule has 2 fully saturated rings. The van der Waals surface area contributed by atoms with Crippen molar-refractivity contribution in [1.82, 2.24) is 14.5 Å². The van der Waals surface area contributed by atoms with Crippen molar-refractivity contribution >= 4 is 17.0 Å². The molecule has 2 aliphatic rings. The molecule has 5 atom stereocenters. The maximum atomic E-state index is 11.9. The molecule has 2 aromatic rings. The van der Waals surface area contributed by atoms with Crippen LogP contribution in [0.15, 0.2) is 17.1 Å². The van der Waals surface area contributed by atoms with Crippen LogP contribution in [-0.2, 0) is 9.47 Å². The van der Waals surface area contributed by atoms with E-state index in [9.17, 15) is 15.0 Å². The molecule has 0 bridgehead atoms. The van der Waals surface area contributed by atoms with Crippen LogP contribution in [0.4, 0.5) is 5.95 Å². The van der Waals surface area contributed by atoms with E-state index in [1.165, 1.54) is 23.8 Å². The number of nitrogens with two attached hydrogens (primary N) is 1. The zero-order valence-corrected chi connectivity index (χ0v) is 12.1.